The first kappa shape index (κ1) is 22.2. The lowest BCUT2D eigenvalue weighted by Crippen LogP contribution is -2.60. The van der Waals surface area contributed by atoms with E-state index >= 15 is 0 Å². The van der Waals surface area contributed by atoms with Crippen LogP contribution in [-0.4, -0.2) is 75.1 Å². The molecule has 0 bridgehead atoms. The van der Waals surface area contributed by atoms with E-state index in [9.17, 15) is 40.2 Å². The molecule has 5 atom stereocenters. The molecule has 1 saturated heterocycles. The van der Waals surface area contributed by atoms with E-state index in [4.69, 9.17) is 23.0 Å². The molecule has 2 aromatic carbocycles. The van der Waals surface area contributed by atoms with Gasteiger partial charge < -0.3 is 53.7 Å². The summed E-state index contributed by atoms with van der Waals surface area (Å²) in [6.07, 6.45) is -8.13. The molecule has 34 heavy (non-hydrogen) atoms. The Bertz CT molecular complexity index is 1520. The molecule has 180 valence electrons. The largest absolute Gasteiger partial charge is 0.504 e. The Labute approximate surface area is 187 Å². The first-order valence-corrected chi connectivity index (χ1v) is 9.93. The van der Waals surface area contributed by atoms with Crippen LogP contribution in [0.15, 0.2) is 30.6 Å². The summed E-state index contributed by atoms with van der Waals surface area (Å²) in [4.78, 5) is 25.4. The summed E-state index contributed by atoms with van der Waals surface area (Å²) >= 11 is 0. The number of aromatic hydroxyl groups is 2. The van der Waals surface area contributed by atoms with Crippen LogP contribution >= 0.6 is 0 Å². The zero-order valence-corrected chi connectivity index (χ0v) is 17.3. The first-order chi connectivity index (χ1) is 16.2. The third-order valence-corrected chi connectivity index (χ3v) is 5.82. The van der Waals surface area contributed by atoms with Crippen molar-refractivity contribution < 1.29 is 53.7 Å². The molecule has 2 aromatic heterocycles. The Morgan fingerprint density at radius 3 is 2.18 bits per heavy atom. The Hall–Kier alpha value is -3.62. The zero-order chi connectivity index (χ0) is 24.5. The SMILES string of the molecule is COc1cc2c(=O)oc3c(O)c(O)cc4c(=O)oc(c1O[C@@H]1OC(CO)[C@H](O)C(O)[C@@H]1O)c2c34. The molecule has 1 aliphatic heterocycles. The first-order valence-electron chi connectivity index (χ1n) is 9.93. The molecule has 0 radical (unpaired) electrons. The predicted molar refractivity (Wildman–Crippen MR) is 111 cm³/mol. The maximum absolute atomic E-state index is 12.7. The van der Waals surface area contributed by atoms with Gasteiger partial charge in [-0.25, -0.2) is 9.59 Å². The van der Waals surface area contributed by atoms with Gasteiger partial charge in [0.25, 0.3) is 0 Å². The van der Waals surface area contributed by atoms with Crippen molar-refractivity contribution in [1.82, 2.24) is 0 Å². The number of phenols is 2. The minimum Gasteiger partial charge on any atom is -0.504 e. The highest BCUT2D eigenvalue weighted by molar-refractivity contribution is 6.22. The van der Waals surface area contributed by atoms with E-state index in [2.05, 4.69) is 0 Å². The molecule has 6 N–H and O–H groups in total. The van der Waals surface area contributed by atoms with Crippen LogP contribution in [0.25, 0.3) is 32.7 Å². The van der Waals surface area contributed by atoms with Crippen LogP contribution in [0, 0.1) is 0 Å². The fourth-order valence-corrected chi connectivity index (χ4v) is 4.11. The van der Waals surface area contributed by atoms with E-state index in [0.29, 0.717) is 0 Å². The molecular weight excluding hydrogens is 460 g/mol. The van der Waals surface area contributed by atoms with Crippen molar-refractivity contribution in [3.8, 4) is 23.0 Å². The second-order valence-electron chi connectivity index (χ2n) is 7.75. The number of hydrogen-bond acceptors (Lipinski definition) is 13. The Morgan fingerprint density at radius 2 is 1.53 bits per heavy atom. The maximum atomic E-state index is 12.7. The summed E-state index contributed by atoms with van der Waals surface area (Å²) in [5.41, 5.74) is -2.75. The topological polar surface area (TPSA) is 209 Å². The molecular formula is C21H18O13. The summed E-state index contributed by atoms with van der Waals surface area (Å²) < 4.78 is 26.8. The van der Waals surface area contributed by atoms with E-state index < -0.39 is 65.6 Å². The van der Waals surface area contributed by atoms with Crippen molar-refractivity contribution in [2.45, 2.75) is 30.7 Å². The van der Waals surface area contributed by atoms with Crippen molar-refractivity contribution in [3.05, 3.63) is 33.0 Å². The van der Waals surface area contributed by atoms with E-state index in [0.717, 1.165) is 6.07 Å². The standard InChI is InChI=1S/C21H18O13/c1-30-8-3-6-11-10-5(2-7(23)12(24)17(10)32-20(6)29)19(28)33-18(11)16(8)34-21-15(27)14(26)13(25)9(4-22)31-21/h2-3,9,13-15,21-27H,4H2,1H3/t9?,13-,14?,15-,21-/m0/s1. The van der Waals surface area contributed by atoms with Gasteiger partial charge in [-0.1, -0.05) is 0 Å². The molecule has 3 heterocycles. The minimum atomic E-state index is -1.79. The van der Waals surface area contributed by atoms with Gasteiger partial charge in [0.2, 0.25) is 17.8 Å². The van der Waals surface area contributed by atoms with Gasteiger partial charge in [-0.15, -0.1) is 0 Å². The van der Waals surface area contributed by atoms with E-state index in [1.54, 1.807) is 0 Å². The number of methoxy groups -OCH3 is 1. The van der Waals surface area contributed by atoms with Gasteiger partial charge >= 0.3 is 11.3 Å². The molecule has 0 aliphatic carbocycles. The number of aliphatic hydroxyl groups excluding tert-OH is 4. The summed E-state index contributed by atoms with van der Waals surface area (Å²) in [6.45, 7) is -0.709. The van der Waals surface area contributed by atoms with Crippen molar-refractivity contribution in [2.75, 3.05) is 13.7 Å². The van der Waals surface area contributed by atoms with Crippen molar-refractivity contribution in [2.24, 2.45) is 0 Å². The average molecular weight is 478 g/mol. The lowest BCUT2D eigenvalue weighted by atomic mass is 9.99. The lowest BCUT2D eigenvalue weighted by molar-refractivity contribution is -0.277. The van der Waals surface area contributed by atoms with Gasteiger partial charge in [0.15, 0.2) is 22.7 Å². The van der Waals surface area contributed by atoms with Crippen LogP contribution in [0.2, 0.25) is 0 Å². The second kappa shape index (κ2) is 7.72. The predicted octanol–water partition coefficient (Wildman–Crippen LogP) is -0.911. The summed E-state index contributed by atoms with van der Waals surface area (Å²) in [7, 11) is 1.22. The van der Waals surface area contributed by atoms with E-state index in [1.807, 2.05) is 0 Å². The van der Waals surface area contributed by atoms with Gasteiger partial charge in [-0.05, 0) is 12.1 Å². The Morgan fingerprint density at radius 1 is 0.912 bits per heavy atom. The monoisotopic (exact) mass is 478 g/mol. The van der Waals surface area contributed by atoms with Crippen LogP contribution < -0.4 is 20.7 Å². The zero-order valence-electron chi connectivity index (χ0n) is 17.3. The van der Waals surface area contributed by atoms with E-state index in [-0.39, 0.29) is 38.6 Å². The van der Waals surface area contributed by atoms with Crippen LogP contribution in [0.5, 0.6) is 23.0 Å². The van der Waals surface area contributed by atoms with Gasteiger partial charge in [0.1, 0.15) is 24.4 Å². The molecule has 2 unspecified atom stereocenters. The summed E-state index contributed by atoms with van der Waals surface area (Å²) in [6, 6.07) is 2.15. The van der Waals surface area contributed by atoms with E-state index in [1.165, 1.54) is 13.2 Å². The smallest absolute Gasteiger partial charge is 0.344 e. The quantitative estimate of drug-likeness (QED) is 0.119. The fraction of sp³-hybridized carbons (Fsp3) is 0.333. The number of phenolic OH excluding ortho intramolecular Hbond substituents is 2. The Kier molecular flexibility index (Phi) is 5.03. The van der Waals surface area contributed by atoms with Crippen molar-refractivity contribution in [1.29, 1.82) is 0 Å². The maximum Gasteiger partial charge on any atom is 0.344 e. The molecule has 0 amide bonds. The molecule has 4 aromatic rings. The average Bonchev–Trinajstić information content (AvgIpc) is 2.82. The van der Waals surface area contributed by atoms with Crippen LogP contribution in [-0.2, 0) is 4.74 Å². The number of rotatable bonds is 4. The van der Waals surface area contributed by atoms with Gasteiger partial charge in [0, 0.05) is 10.8 Å². The minimum absolute atomic E-state index is 0.0171. The van der Waals surface area contributed by atoms with Gasteiger partial charge in [-0.3, -0.25) is 0 Å². The third kappa shape index (κ3) is 2.99. The van der Waals surface area contributed by atoms with Crippen LogP contribution in [0.1, 0.15) is 0 Å². The van der Waals surface area contributed by atoms with Crippen LogP contribution in [0.3, 0.4) is 0 Å². The number of ether oxygens (including phenoxy) is 3. The van der Waals surface area contributed by atoms with Gasteiger partial charge in [0.05, 0.1) is 24.5 Å². The summed E-state index contributed by atoms with van der Waals surface area (Å²) in [5, 5.41) is 59.6. The molecule has 1 fully saturated rings. The van der Waals surface area contributed by atoms with Crippen molar-refractivity contribution in [3.63, 3.8) is 0 Å². The van der Waals surface area contributed by atoms with Gasteiger partial charge in [-0.2, -0.15) is 0 Å². The highest BCUT2D eigenvalue weighted by Crippen LogP contribution is 2.46. The third-order valence-electron chi connectivity index (χ3n) is 5.82. The normalized spacial score (nSPS) is 25.4. The second-order valence-corrected chi connectivity index (χ2v) is 7.75. The summed E-state index contributed by atoms with van der Waals surface area (Å²) in [5.74, 6) is -1.95. The molecule has 13 heteroatoms. The highest BCUT2D eigenvalue weighted by Gasteiger charge is 2.45. The van der Waals surface area contributed by atoms with Crippen molar-refractivity contribution >= 4 is 32.7 Å². The number of hydrogen-bond donors (Lipinski definition) is 6. The molecule has 5 rings (SSSR count). The Balaban J connectivity index is 1.81. The number of benzene rings is 2. The highest BCUT2D eigenvalue weighted by atomic mass is 16.7. The fourth-order valence-electron chi connectivity index (χ4n) is 4.11. The molecule has 0 spiro atoms. The molecule has 1 aliphatic rings. The molecule has 0 saturated carbocycles. The lowest BCUT2D eigenvalue weighted by Gasteiger charge is -2.39. The number of aliphatic hydroxyl groups is 4. The van der Waals surface area contributed by atoms with Crippen LogP contribution in [0.4, 0.5) is 0 Å². The molecule has 13 nitrogen and oxygen atoms in total.